The lowest BCUT2D eigenvalue weighted by molar-refractivity contribution is 0.0938. The third kappa shape index (κ3) is 4.14. The van der Waals surface area contributed by atoms with Gasteiger partial charge in [0.2, 0.25) is 5.95 Å². The maximum atomic E-state index is 13.1. The molecule has 2 N–H and O–H groups in total. The molecule has 22 heavy (non-hydrogen) atoms. The standard InChI is InChI=1S/C15H16ClFN4O/c1-3-9(2)20-14(22)10-7-18-15(19-8-10)21-11-4-5-13(17)12(16)6-11/h4-9H,3H2,1-2H3,(H,20,22)(H,18,19,21). The van der Waals surface area contributed by atoms with Gasteiger partial charge in [-0.25, -0.2) is 14.4 Å². The summed E-state index contributed by atoms with van der Waals surface area (Å²) in [5.74, 6) is -0.418. The van der Waals surface area contributed by atoms with Crippen LogP contribution in [0.5, 0.6) is 0 Å². The van der Waals surface area contributed by atoms with Crippen molar-refractivity contribution in [1.29, 1.82) is 0 Å². The van der Waals surface area contributed by atoms with E-state index in [1.807, 2.05) is 13.8 Å². The number of nitrogens with zero attached hydrogens (tertiary/aromatic N) is 2. The summed E-state index contributed by atoms with van der Waals surface area (Å²) in [7, 11) is 0. The summed E-state index contributed by atoms with van der Waals surface area (Å²) in [5, 5.41) is 5.72. The highest BCUT2D eigenvalue weighted by Crippen LogP contribution is 2.21. The van der Waals surface area contributed by atoms with Gasteiger partial charge in [0.15, 0.2) is 0 Å². The predicted molar refractivity (Wildman–Crippen MR) is 83.9 cm³/mol. The van der Waals surface area contributed by atoms with Crippen LogP contribution in [0.2, 0.25) is 5.02 Å². The Morgan fingerprint density at radius 3 is 2.64 bits per heavy atom. The summed E-state index contributed by atoms with van der Waals surface area (Å²) in [6, 6.07) is 4.29. The van der Waals surface area contributed by atoms with Crippen LogP contribution in [-0.2, 0) is 0 Å². The zero-order chi connectivity index (χ0) is 16.1. The van der Waals surface area contributed by atoms with Crippen LogP contribution in [0, 0.1) is 5.82 Å². The first-order valence-corrected chi connectivity index (χ1v) is 7.22. The highest BCUT2D eigenvalue weighted by atomic mass is 35.5. The third-order valence-corrected chi connectivity index (χ3v) is 3.37. The van der Waals surface area contributed by atoms with E-state index < -0.39 is 5.82 Å². The van der Waals surface area contributed by atoms with E-state index in [-0.39, 0.29) is 17.0 Å². The maximum Gasteiger partial charge on any atom is 0.254 e. The number of benzene rings is 1. The average Bonchev–Trinajstić information content (AvgIpc) is 2.51. The molecule has 0 fully saturated rings. The molecule has 1 aromatic carbocycles. The van der Waals surface area contributed by atoms with Crippen molar-refractivity contribution in [2.45, 2.75) is 26.3 Å². The van der Waals surface area contributed by atoms with Gasteiger partial charge in [0, 0.05) is 24.1 Å². The van der Waals surface area contributed by atoms with Gasteiger partial charge in [0.1, 0.15) is 5.82 Å². The molecule has 1 heterocycles. The number of anilines is 2. The van der Waals surface area contributed by atoms with Gasteiger partial charge in [0.05, 0.1) is 10.6 Å². The van der Waals surface area contributed by atoms with Gasteiger partial charge in [0.25, 0.3) is 5.91 Å². The maximum absolute atomic E-state index is 13.1. The van der Waals surface area contributed by atoms with Gasteiger partial charge >= 0.3 is 0 Å². The first-order chi connectivity index (χ1) is 10.5. The Labute approximate surface area is 132 Å². The molecule has 0 aliphatic rings. The number of halogens is 2. The van der Waals surface area contributed by atoms with E-state index in [4.69, 9.17) is 11.6 Å². The Bertz CT molecular complexity index is 663. The Hall–Kier alpha value is -2.21. The Morgan fingerprint density at radius 1 is 1.36 bits per heavy atom. The zero-order valence-electron chi connectivity index (χ0n) is 12.2. The molecule has 1 amide bonds. The molecule has 116 valence electrons. The smallest absolute Gasteiger partial charge is 0.254 e. The first-order valence-electron chi connectivity index (χ1n) is 6.84. The number of aromatic nitrogens is 2. The van der Waals surface area contributed by atoms with Crippen molar-refractivity contribution in [3.63, 3.8) is 0 Å². The Balaban J connectivity index is 2.05. The minimum Gasteiger partial charge on any atom is -0.350 e. The largest absolute Gasteiger partial charge is 0.350 e. The first kappa shape index (κ1) is 16.2. The SMILES string of the molecule is CCC(C)NC(=O)c1cnc(Nc2ccc(F)c(Cl)c2)nc1. The van der Waals surface area contributed by atoms with Crippen LogP contribution in [-0.4, -0.2) is 21.9 Å². The Morgan fingerprint density at radius 2 is 2.05 bits per heavy atom. The van der Waals surface area contributed by atoms with Crippen molar-refractivity contribution in [3.05, 3.63) is 47.0 Å². The van der Waals surface area contributed by atoms with E-state index in [9.17, 15) is 9.18 Å². The molecule has 0 saturated carbocycles. The van der Waals surface area contributed by atoms with Gasteiger partial charge in [-0.2, -0.15) is 0 Å². The summed E-state index contributed by atoms with van der Waals surface area (Å²) < 4.78 is 13.1. The normalized spacial score (nSPS) is 11.8. The lowest BCUT2D eigenvalue weighted by Gasteiger charge is -2.11. The lowest BCUT2D eigenvalue weighted by atomic mass is 10.2. The molecule has 7 heteroatoms. The molecule has 5 nitrogen and oxygen atoms in total. The summed E-state index contributed by atoms with van der Waals surface area (Å²) in [6.07, 6.45) is 3.70. The molecule has 1 atom stereocenters. The van der Waals surface area contributed by atoms with Crippen LogP contribution >= 0.6 is 11.6 Å². The molecule has 2 aromatic rings. The fourth-order valence-electron chi connectivity index (χ4n) is 1.62. The number of hydrogen-bond acceptors (Lipinski definition) is 4. The molecule has 0 spiro atoms. The number of rotatable bonds is 5. The van der Waals surface area contributed by atoms with Crippen LogP contribution in [0.3, 0.4) is 0 Å². The minimum absolute atomic E-state index is 0.00884. The van der Waals surface area contributed by atoms with Gasteiger partial charge < -0.3 is 10.6 Å². The number of hydrogen-bond donors (Lipinski definition) is 2. The lowest BCUT2D eigenvalue weighted by Crippen LogP contribution is -2.32. The van der Waals surface area contributed by atoms with Gasteiger partial charge in [-0.3, -0.25) is 4.79 Å². The van der Waals surface area contributed by atoms with E-state index in [1.54, 1.807) is 0 Å². The molecule has 2 rings (SSSR count). The van der Waals surface area contributed by atoms with E-state index in [0.717, 1.165) is 6.42 Å². The van der Waals surface area contributed by atoms with Gasteiger partial charge in [-0.05, 0) is 31.5 Å². The van der Waals surface area contributed by atoms with E-state index >= 15 is 0 Å². The van der Waals surface area contributed by atoms with Crippen molar-refractivity contribution < 1.29 is 9.18 Å². The predicted octanol–water partition coefficient (Wildman–Crippen LogP) is 3.54. The molecule has 0 bridgehead atoms. The van der Waals surface area contributed by atoms with Crippen molar-refractivity contribution in [1.82, 2.24) is 15.3 Å². The zero-order valence-corrected chi connectivity index (χ0v) is 13.0. The monoisotopic (exact) mass is 322 g/mol. The second kappa shape index (κ2) is 7.17. The van der Waals surface area contributed by atoms with Crippen LogP contribution in [0.15, 0.2) is 30.6 Å². The summed E-state index contributed by atoms with van der Waals surface area (Å²) in [4.78, 5) is 20.0. The minimum atomic E-state index is -0.495. The number of carbonyl (C=O) groups is 1. The molecular formula is C15H16ClFN4O. The molecule has 0 aliphatic carbocycles. The van der Waals surface area contributed by atoms with Crippen LogP contribution in [0.1, 0.15) is 30.6 Å². The second-order valence-electron chi connectivity index (χ2n) is 4.83. The van der Waals surface area contributed by atoms with Crippen LogP contribution in [0.4, 0.5) is 16.0 Å². The average molecular weight is 323 g/mol. The third-order valence-electron chi connectivity index (χ3n) is 3.08. The summed E-state index contributed by atoms with van der Waals surface area (Å²) >= 11 is 5.70. The van der Waals surface area contributed by atoms with Crippen LogP contribution in [0.25, 0.3) is 0 Å². The second-order valence-corrected chi connectivity index (χ2v) is 5.24. The van der Waals surface area contributed by atoms with E-state index in [0.29, 0.717) is 17.2 Å². The van der Waals surface area contributed by atoms with Crippen molar-refractivity contribution in [2.75, 3.05) is 5.32 Å². The van der Waals surface area contributed by atoms with Gasteiger partial charge in [-0.1, -0.05) is 18.5 Å². The number of carbonyl (C=O) groups excluding carboxylic acids is 1. The van der Waals surface area contributed by atoms with E-state index in [1.165, 1.54) is 30.6 Å². The summed E-state index contributed by atoms with van der Waals surface area (Å²) in [6.45, 7) is 3.91. The molecule has 0 aliphatic heterocycles. The quantitative estimate of drug-likeness (QED) is 0.883. The molecular weight excluding hydrogens is 307 g/mol. The van der Waals surface area contributed by atoms with Gasteiger partial charge in [-0.15, -0.1) is 0 Å². The molecule has 0 saturated heterocycles. The molecule has 1 unspecified atom stereocenters. The van der Waals surface area contributed by atoms with Crippen LogP contribution < -0.4 is 10.6 Å². The Kier molecular flexibility index (Phi) is 5.27. The van der Waals surface area contributed by atoms with E-state index in [2.05, 4.69) is 20.6 Å². The summed E-state index contributed by atoms with van der Waals surface area (Å²) in [5.41, 5.74) is 0.936. The fraction of sp³-hybridized carbons (Fsp3) is 0.267. The number of amides is 1. The molecule has 1 aromatic heterocycles. The highest BCUT2D eigenvalue weighted by molar-refractivity contribution is 6.31. The molecule has 0 radical (unpaired) electrons. The van der Waals surface area contributed by atoms with Crippen molar-refractivity contribution in [3.8, 4) is 0 Å². The van der Waals surface area contributed by atoms with Crippen molar-refractivity contribution >= 4 is 29.1 Å². The van der Waals surface area contributed by atoms with Crippen molar-refractivity contribution in [2.24, 2.45) is 0 Å². The highest BCUT2D eigenvalue weighted by Gasteiger charge is 2.10. The topological polar surface area (TPSA) is 66.9 Å². The fourth-order valence-corrected chi connectivity index (χ4v) is 1.80. The number of nitrogens with one attached hydrogen (secondary N) is 2.